The summed E-state index contributed by atoms with van der Waals surface area (Å²) >= 11 is 1.39. The quantitative estimate of drug-likeness (QED) is 0.765. The maximum atomic E-state index is 12.6. The molecule has 25 heavy (non-hydrogen) atoms. The fourth-order valence-corrected chi connectivity index (χ4v) is 3.80. The molecule has 0 aliphatic heterocycles. The highest BCUT2D eigenvalue weighted by molar-refractivity contribution is 7.16. The first-order valence-corrected chi connectivity index (χ1v) is 8.91. The van der Waals surface area contributed by atoms with E-state index in [0.29, 0.717) is 17.1 Å². The van der Waals surface area contributed by atoms with Gasteiger partial charge in [-0.15, -0.1) is 11.3 Å². The number of para-hydroxylation sites is 2. The van der Waals surface area contributed by atoms with Gasteiger partial charge in [0.2, 0.25) is 5.91 Å². The normalized spacial score (nSPS) is 10.8. The molecule has 7 heteroatoms. The van der Waals surface area contributed by atoms with Crippen molar-refractivity contribution in [1.82, 2.24) is 9.13 Å². The fourth-order valence-electron chi connectivity index (χ4n) is 2.83. The Morgan fingerprint density at radius 2 is 1.92 bits per heavy atom. The van der Waals surface area contributed by atoms with Crippen LogP contribution in [0.25, 0.3) is 11.0 Å². The number of nitrogens with one attached hydrogen (secondary N) is 1. The third-order valence-corrected chi connectivity index (χ3v) is 5.24. The van der Waals surface area contributed by atoms with Crippen molar-refractivity contribution >= 4 is 33.3 Å². The Bertz CT molecular complexity index is 1040. The summed E-state index contributed by atoms with van der Waals surface area (Å²) in [5.41, 5.74) is 1.79. The zero-order chi connectivity index (χ0) is 18.0. The van der Waals surface area contributed by atoms with Crippen LogP contribution in [0.4, 0.5) is 5.00 Å². The van der Waals surface area contributed by atoms with Crippen molar-refractivity contribution in [3.63, 3.8) is 0 Å². The summed E-state index contributed by atoms with van der Waals surface area (Å²) in [6.07, 6.45) is 0.804. The van der Waals surface area contributed by atoms with Gasteiger partial charge in [-0.25, -0.2) is 4.79 Å². The van der Waals surface area contributed by atoms with Crippen molar-refractivity contribution in [2.45, 2.75) is 33.4 Å². The number of benzene rings is 1. The number of anilines is 1. The van der Waals surface area contributed by atoms with E-state index in [1.807, 2.05) is 38.1 Å². The van der Waals surface area contributed by atoms with E-state index in [2.05, 4.69) is 11.4 Å². The lowest BCUT2D eigenvalue weighted by molar-refractivity contribution is -0.116. The van der Waals surface area contributed by atoms with E-state index in [-0.39, 0.29) is 18.1 Å². The van der Waals surface area contributed by atoms with Crippen LogP contribution < -0.4 is 11.0 Å². The Labute approximate surface area is 148 Å². The van der Waals surface area contributed by atoms with E-state index in [1.54, 1.807) is 10.6 Å². The number of nitrogens with zero attached hydrogens (tertiary/aromatic N) is 3. The lowest BCUT2D eigenvalue weighted by atomic mass is 10.3. The zero-order valence-electron chi connectivity index (χ0n) is 14.1. The van der Waals surface area contributed by atoms with Gasteiger partial charge in [-0.05, 0) is 31.5 Å². The fraction of sp³-hybridized carbons (Fsp3) is 0.278. The molecule has 0 fully saturated rings. The number of amides is 1. The van der Waals surface area contributed by atoms with Gasteiger partial charge in [0.05, 0.1) is 16.6 Å². The van der Waals surface area contributed by atoms with Crippen molar-refractivity contribution in [2.24, 2.45) is 0 Å². The van der Waals surface area contributed by atoms with Crippen molar-refractivity contribution in [3.05, 3.63) is 51.3 Å². The topological polar surface area (TPSA) is 79.8 Å². The Hall–Kier alpha value is -2.85. The van der Waals surface area contributed by atoms with Gasteiger partial charge in [0.1, 0.15) is 17.6 Å². The second-order valence-electron chi connectivity index (χ2n) is 5.57. The number of imidazole rings is 1. The minimum absolute atomic E-state index is 0.0867. The average Bonchev–Trinajstić information content (AvgIpc) is 3.13. The molecule has 0 atom stereocenters. The highest BCUT2D eigenvalue weighted by Gasteiger charge is 2.16. The molecule has 3 aromatic rings. The summed E-state index contributed by atoms with van der Waals surface area (Å²) in [5, 5.41) is 12.5. The molecule has 3 rings (SSSR count). The molecule has 2 heterocycles. The lowest BCUT2D eigenvalue weighted by Crippen LogP contribution is -2.29. The van der Waals surface area contributed by atoms with Crippen molar-refractivity contribution in [1.29, 1.82) is 5.26 Å². The largest absolute Gasteiger partial charge is 0.329 e. The van der Waals surface area contributed by atoms with E-state index in [1.165, 1.54) is 15.9 Å². The van der Waals surface area contributed by atoms with Crippen LogP contribution >= 0.6 is 11.3 Å². The monoisotopic (exact) mass is 354 g/mol. The summed E-state index contributed by atoms with van der Waals surface area (Å²) in [6.45, 7) is 4.35. The van der Waals surface area contributed by atoms with Crippen LogP contribution in [0, 0.1) is 11.3 Å². The molecule has 128 valence electrons. The minimum atomic E-state index is -0.317. The van der Waals surface area contributed by atoms with Gasteiger partial charge < -0.3 is 5.32 Å². The minimum Gasteiger partial charge on any atom is -0.315 e. The lowest BCUT2D eigenvalue weighted by Gasteiger charge is -2.05. The second-order valence-corrected chi connectivity index (χ2v) is 6.71. The van der Waals surface area contributed by atoms with E-state index in [0.717, 1.165) is 22.3 Å². The maximum Gasteiger partial charge on any atom is 0.329 e. The van der Waals surface area contributed by atoms with Crippen molar-refractivity contribution in [2.75, 3.05) is 5.32 Å². The van der Waals surface area contributed by atoms with Gasteiger partial charge in [-0.1, -0.05) is 19.1 Å². The predicted molar refractivity (Wildman–Crippen MR) is 98.9 cm³/mol. The highest BCUT2D eigenvalue weighted by Crippen LogP contribution is 2.28. The molecule has 0 spiro atoms. The summed E-state index contributed by atoms with van der Waals surface area (Å²) < 4.78 is 3.11. The number of carbonyl (C=O) groups is 1. The van der Waals surface area contributed by atoms with Gasteiger partial charge in [0, 0.05) is 11.4 Å². The van der Waals surface area contributed by atoms with Gasteiger partial charge in [0.15, 0.2) is 0 Å². The summed E-state index contributed by atoms with van der Waals surface area (Å²) in [6, 6.07) is 11.3. The molecular weight excluding hydrogens is 336 g/mol. The molecule has 2 aromatic heterocycles. The Balaban J connectivity index is 1.91. The number of carbonyl (C=O) groups excluding carboxylic acids is 1. The predicted octanol–water partition coefficient (Wildman–Crippen LogP) is 2.96. The highest BCUT2D eigenvalue weighted by atomic mass is 32.1. The molecular formula is C18H18N4O2S. The average molecular weight is 354 g/mol. The molecule has 0 unspecified atom stereocenters. The standard InChI is InChI=1S/C18H18N4O2S/c1-3-13-9-12(10-19)17(25-13)20-16(23)11-22-15-8-6-5-7-14(15)21(4-2)18(22)24/h5-9H,3-4,11H2,1-2H3,(H,20,23). The Kier molecular flexibility index (Phi) is 4.72. The molecule has 0 saturated heterocycles. The molecule has 1 amide bonds. The summed E-state index contributed by atoms with van der Waals surface area (Å²) in [4.78, 5) is 26.1. The van der Waals surface area contributed by atoms with Crippen molar-refractivity contribution < 1.29 is 4.79 Å². The SMILES string of the molecule is CCc1cc(C#N)c(NC(=O)Cn2c(=O)n(CC)c3ccccc32)s1. The number of fused-ring (bicyclic) bond motifs is 1. The van der Waals surface area contributed by atoms with Gasteiger partial charge >= 0.3 is 5.69 Å². The number of rotatable bonds is 5. The number of aryl methyl sites for hydroxylation is 2. The number of nitriles is 1. The number of aromatic nitrogens is 2. The van der Waals surface area contributed by atoms with E-state index in [9.17, 15) is 14.9 Å². The third kappa shape index (κ3) is 3.08. The molecule has 6 nitrogen and oxygen atoms in total. The molecule has 0 aliphatic rings. The van der Waals surface area contributed by atoms with Crippen LogP contribution in [-0.2, 0) is 24.3 Å². The first kappa shape index (κ1) is 17.0. The van der Waals surface area contributed by atoms with Crippen LogP contribution in [-0.4, -0.2) is 15.0 Å². The molecule has 0 saturated carbocycles. The Morgan fingerprint density at radius 1 is 1.24 bits per heavy atom. The molecule has 0 bridgehead atoms. The van der Waals surface area contributed by atoms with Crippen LogP contribution in [0.1, 0.15) is 24.3 Å². The zero-order valence-corrected chi connectivity index (χ0v) is 14.9. The smallest absolute Gasteiger partial charge is 0.315 e. The van der Waals surface area contributed by atoms with Crippen LogP contribution in [0.2, 0.25) is 0 Å². The molecule has 0 aliphatic carbocycles. The molecule has 1 aromatic carbocycles. The first-order chi connectivity index (χ1) is 12.1. The van der Waals surface area contributed by atoms with Crippen LogP contribution in [0.3, 0.4) is 0 Å². The number of thiophene rings is 1. The second kappa shape index (κ2) is 6.95. The maximum absolute atomic E-state index is 12.6. The molecule has 1 N–H and O–H groups in total. The van der Waals surface area contributed by atoms with Crippen LogP contribution in [0.5, 0.6) is 0 Å². The van der Waals surface area contributed by atoms with E-state index in [4.69, 9.17) is 0 Å². The first-order valence-electron chi connectivity index (χ1n) is 8.09. The number of hydrogen-bond acceptors (Lipinski definition) is 4. The third-order valence-electron chi connectivity index (χ3n) is 4.05. The Morgan fingerprint density at radius 3 is 2.52 bits per heavy atom. The molecule has 0 radical (unpaired) electrons. The van der Waals surface area contributed by atoms with Crippen LogP contribution in [0.15, 0.2) is 35.1 Å². The van der Waals surface area contributed by atoms with E-state index >= 15 is 0 Å². The van der Waals surface area contributed by atoms with Gasteiger partial charge in [-0.3, -0.25) is 13.9 Å². The summed E-state index contributed by atoms with van der Waals surface area (Å²) in [7, 11) is 0. The van der Waals surface area contributed by atoms with Gasteiger partial charge in [0.25, 0.3) is 0 Å². The summed E-state index contributed by atoms with van der Waals surface area (Å²) in [5.74, 6) is -0.317. The number of hydrogen-bond donors (Lipinski definition) is 1. The van der Waals surface area contributed by atoms with Crippen molar-refractivity contribution in [3.8, 4) is 6.07 Å². The van der Waals surface area contributed by atoms with E-state index < -0.39 is 0 Å². The van der Waals surface area contributed by atoms with Gasteiger partial charge in [-0.2, -0.15) is 5.26 Å².